The van der Waals surface area contributed by atoms with Crippen molar-refractivity contribution in [2.45, 2.75) is 32.1 Å². The minimum absolute atomic E-state index is 0.0597. The molecule has 0 radical (unpaired) electrons. The van der Waals surface area contributed by atoms with Gasteiger partial charge < -0.3 is 4.74 Å². The van der Waals surface area contributed by atoms with Crippen LogP contribution in [0.25, 0.3) is 0 Å². The van der Waals surface area contributed by atoms with Gasteiger partial charge >= 0.3 is 0 Å². The highest BCUT2D eigenvalue weighted by atomic mass is 32.2. The largest absolute Gasteiger partial charge is 0.481 e. The van der Waals surface area contributed by atoms with E-state index in [1.54, 1.807) is 0 Å². The lowest BCUT2D eigenvalue weighted by atomic mass is 10.0. The first-order chi connectivity index (χ1) is 10.3. The van der Waals surface area contributed by atoms with Crippen LogP contribution in [-0.2, 0) is 16.4 Å². The Balaban J connectivity index is 2.28. The molecule has 22 heavy (non-hydrogen) atoms. The normalized spacial score (nSPS) is 11.7. The molecule has 2 N–H and O–H groups in total. The fraction of sp³-hybridized carbons (Fsp3) is 0.429. The van der Waals surface area contributed by atoms with E-state index in [0.717, 1.165) is 17.7 Å². The van der Waals surface area contributed by atoms with E-state index in [2.05, 4.69) is 33.8 Å². The van der Waals surface area contributed by atoms with Gasteiger partial charge in [0.2, 0.25) is 5.88 Å². The van der Waals surface area contributed by atoms with E-state index in [9.17, 15) is 8.42 Å². The van der Waals surface area contributed by atoms with Gasteiger partial charge in [0.15, 0.2) is 5.82 Å². The molecule has 8 heteroatoms. The zero-order valence-electron chi connectivity index (χ0n) is 13.0. The summed E-state index contributed by atoms with van der Waals surface area (Å²) in [6.45, 7) is 6.01. The van der Waals surface area contributed by atoms with Gasteiger partial charge in [0.25, 0.3) is 10.0 Å². The molecule has 0 saturated carbocycles. The van der Waals surface area contributed by atoms with Crippen LogP contribution in [-0.4, -0.2) is 30.7 Å². The smallest absolute Gasteiger partial charge is 0.264 e. The Morgan fingerprint density at radius 2 is 2.09 bits per heavy atom. The third-order valence-corrected chi connectivity index (χ3v) is 4.47. The number of ether oxygens (including phenoxy) is 1. The summed E-state index contributed by atoms with van der Waals surface area (Å²) in [4.78, 5) is 3.97. The number of hydrogen-bond donors (Lipinski definition) is 2. The van der Waals surface area contributed by atoms with Crippen LogP contribution >= 0.6 is 0 Å². The maximum absolute atomic E-state index is 12.4. The summed E-state index contributed by atoms with van der Waals surface area (Å²) in [5, 5.41) is 6.88. The Morgan fingerprint density at radius 3 is 2.64 bits per heavy atom. The van der Waals surface area contributed by atoms with Crippen LogP contribution in [0.4, 0.5) is 5.82 Å². The Bertz CT molecular complexity index is 736. The number of sulfonamides is 1. The zero-order chi connectivity index (χ0) is 16.3. The van der Waals surface area contributed by atoms with Crippen molar-refractivity contribution in [3.8, 4) is 5.88 Å². The molecule has 0 spiro atoms. The first kappa shape index (κ1) is 16.3. The second-order valence-electron chi connectivity index (χ2n) is 5.42. The first-order valence-corrected chi connectivity index (χ1v) is 8.38. The van der Waals surface area contributed by atoms with E-state index in [1.807, 2.05) is 6.92 Å². The number of H-pyrrole nitrogens is 1. The average Bonchev–Trinajstić information content (AvgIpc) is 2.79. The number of aryl methyl sites for hydroxylation is 1. The fourth-order valence-electron chi connectivity index (χ4n) is 2.03. The third-order valence-electron chi connectivity index (χ3n) is 3.15. The van der Waals surface area contributed by atoms with Gasteiger partial charge in [-0.25, -0.2) is 13.4 Å². The summed E-state index contributed by atoms with van der Waals surface area (Å²) < 4.78 is 32.2. The molecule has 0 aromatic carbocycles. The minimum atomic E-state index is -3.73. The Labute approximate surface area is 130 Å². The highest BCUT2D eigenvalue weighted by Crippen LogP contribution is 2.23. The van der Waals surface area contributed by atoms with Crippen LogP contribution in [0, 0.1) is 12.8 Å². The Morgan fingerprint density at radius 1 is 1.36 bits per heavy atom. The molecule has 0 fully saturated rings. The van der Waals surface area contributed by atoms with Crippen molar-refractivity contribution in [1.29, 1.82) is 0 Å². The summed E-state index contributed by atoms with van der Waals surface area (Å²) in [6, 6.07) is 2.94. The van der Waals surface area contributed by atoms with Crippen LogP contribution in [0.1, 0.15) is 25.1 Å². The van der Waals surface area contributed by atoms with Crippen molar-refractivity contribution in [1.82, 2.24) is 15.2 Å². The number of anilines is 1. The number of hydrogen-bond acceptors (Lipinski definition) is 5. The van der Waals surface area contributed by atoms with Gasteiger partial charge in [-0.3, -0.25) is 9.82 Å². The van der Waals surface area contributed by atoms with Crippen molar-refractivity contribution in [3.05, 3.63) is 29.6 Å². The van der Waals surface area contributed by atoms with E-state index >= 15 is 0 Å². The predicted molar refractivity (Wildman–Crippen MR) is 83.5 cm³/mol. The van der Waals surface area contributed by atoms with Gasteiger partial charge in [-0.1, -0.05) is 13.8 Å². The molecule has 0 amide bonds. The Hall–Kier alpha value is -2.09. The second kappa shape index (κ2) is 6.35. The van der Waals surface area contributed by atoms with Crippen LogP contribution in [0.15, 0.2) is 23.2 Å². The van der Waals surface area contributed by atoms with Crippen LogP contribution in [0.5, 0.6) is 5.88 Å². The molecule has 2 aromatic heterocycles. The molecule has 0 unspecified atom stereocenters. The quantitative estimate of drug-likeness (QED) is 0.848. The topological polar surface area (TPSA) is 97.0 Å². The van der Waals surface area contributed by atoms with Crippen LogP contribution in [0.2, 0.25) is 0 Å². The van der Waals surface area contributed by atoms with Crippen molar-refractivity contribution in [2.75, 3.05) is 11.8 Å². The number of nitrogens with zero attached hydrogens (tertiary/aromatic N) is 2. The Kier molecular flexibility index (Phi) is 4.70. The summed E-state index contributed by atoms with van der Waals surface area (Å²) in [6.07, 6.45) is 1.99. The van der Waals surface area contributed by atoms with E-state index in [0.29, 0.717) is 17.6 Å². The van der Waals surface area contributed by atoms with Gasteiger partial charge in [-0.15, -0.1) is 0 Å². The van der Waals surface area contributed by atoms with Gasteiger partial charge in [-0.05, 0) is 25.3 Å². The molecule has 2 heterocycles. The molecule has 120 valence electrons. The van der Waals surface area contributed by atoms with Crippen molar-refractivity contribution >= 4 is 15.8 Å². The van der Waals surface area contributed by atoms with Crippen LogP contribution in [0.3, 0.4) is 0 Å². The van der Waals surface area contributed by atoms with Crippen molar-refractivity contribution in [3.63, 3.8) is 0 Å². The monoisotopic (exact) mass is 324 g/mol. The molecule has 0 aliphatic heterocycles. The molecular weight excluding hydrogens is 304 g/mol. The minimum Gasteiger partial charge on any atom is -0.481 e. The number of rotatable bonds is 6. The summed E-state index contributed by atoms with van der Waals surface area (Å²) in [5.41, 5.74) is 1.74. The standard InChI is InChI=1S/C14H20N4O3S/c1-9(2)7-12-10(3)16-17-14(12)18-22(19,20)11-5-6-13(21-4)15-8-11/h5-6,8-9H,7H2,1-4H3,(H2,16,17,18). The summed E-state index contributed by atoms with van der Waals surface area (Å²) >= 11 is 0. The van der Waals surface area contributed by atoms with E-state index in [1.165, 1.54) is 25.4 Å². The van der Waals surface area contributed by atoms with E-state index in [-0.39, 0.29) is 4.90 Å². The van der Waals surface area contributed by atoms with Crippen molar-refractivity contribution in [2.24, 2.45) is 5.92 Å². The van der Waals surface area contributed by atoms with Gasteiger partial charge in [0.1, 0.15) is 4.90 Å². The molecule has 0 atom stereocenters. The number of aromatic nitrogens is 3. The highest BCUT2D eigenvalue weighted by molar-refractivity contribution is 7.92. The maximum Gasteiger partial charge on any atom is 0.264 e. The van der Waals surface area contributed by atoms with Crippen LogP contribution < -0.4 is 9.46 Å². The van der Waals surface area contributed by atoms with E-state index < -0.39 is 10.0 Å². The fourth-order valence-corrected chi connectivity index (χ4v) is 3.01. The molecule has 2 aromatic rings. The zero-order valence-corrected chi connectivity index (χ0v) is 13.9. The molecule has 0 aliphatic rings. The molecular formula is C14H20N4O3S. The summed E-state index contributed by atoms with van der Waals surface area (Å²) in [7, 11) is -2.26. The maximum atomic E-state index is 12.4. The first-order valence-electron chi connectivity index (χ1n) is 6.90. The number of pyridine rings is 1. The molecule has 0 saturated heterocycles. The van der Waals surface area contributed by atoms with E-state index in [4.69, 9.17) is 4.74 Å². The molecule has 2 rings (SSSR count). The van der Waals surface area contributed by atoms with Gasteiger partial charge in [0, 0.05) is 17.3 Å². The lowest BCUT2D eigenvalue weighted by Gasteiger charge is -2.10. The predicted octanol–water partition coefficient (Wildman–Crippen LogP) is 2.12. The van der Waals surface area contributed by atoms with Gasteiger partial charge in [-0.2, -0.15) is 5.10 Å². The number of nitrogens with one attached hydrogen (secondary N) is 2. The number of methoxy groups -OCH3 is 1. The average molecular weight is 324 g/mol. The molecule has 0 bridgehead atoms. The number of aromatic amines is 1. The van der Waals surface area contributed by atoms with Crippen molar-refractivity contribution < 1.29 is 13.2 Å². The molecule has 7 nitrogen and oxygen atoms in total. The highest BCUT2D eigenvalue weighted by Gasteiger charge is 2.20. The second-order valence-corrected chi connectivity index (χ2v) is 7.10. The SMILES string of the molecule is COc1ccc(S(=O)(=O)Nc2n[nH]c(C)c2CC(C)C)cn1. The lowest BCUT2D eigenvalue weighted by Crippen LogP contribution is -2.15. The third kappa shape index (κ3) is 3.56. The lowest BCUT2D eigenvalue weighted by molar-refractivity contribution is 0.397. The summed E-state index contributed by atoms with van der Waals surface area (Å²) in [5.74, 6) is 1.08. The molecule has 0 aliphatic carbocycles. The van der Waals surface area contributed by atoms with Gasteiger partial charge in [0.05, 0.1) is 13.3 Å².